The topological polar surface area (TPSA) is 57.0 Å². The van der Waals surface area contributed by atoms with Crippen LogP contribution in [0.1, 0.15) is 16.2 Å². The van der Waals surface area contributed by atoms with E-state index in [2.05, 4.69) is 10.3 Å². The van der Waals surface area contributed by atoms with E-state index in [9.17, 15) is 9.18 Å². The summed E-state index contributed by atoms with van der Waals surface area (Å²) in [6.07, 6.45) is 0.612. The van der Waals surface area contributed by atoms with Gasteiger partial charge in [-0.15, -0.1) is 5.10 Å². The first-order valence-electron chi connectivity index (χ1n) is 4.91. The maximum absolute atomic E-state index is 12.8. The Morgan fingerprint density at radius 1 is 1.41 bits per heavy atom. The van der Waals surface area contributed by atoms with Gasteiger partial charge in [0.2, 0.25) is 0 Å². The number of methoxy groups -OCH3 is 1. The highest BCUT2D eigenvalue weighted by Gasteiger charge is 2.13. The maximum Gasteiger partial charge on any atom is 0.172 e. The predicted octanol–water partition coefficient (Wildman–Crippen LogP) is 1.37. The minimum absolute atomic E-state index is 0.207. The number of aldehydes is 1. The van der Waals surface area contributed by atoms with Gasteiger partial charge in [-0.25, -0.2) is 9.07 Å². The van der Waals surface area contributed by atoms with Crippen LogP contribution in [0.4, 0.5) is 4.39 Å². The van der Waals surface area contributed by atoms with Gasteiger partial charge in [0.25, 0.3) is 0 Å². The first-order valence-corrected chi connectivity index (χ1v) is 4.91. The van der Waals surface area contributed by atoms with Crippen LogP contribution in [-0.2, 0) is 11.3 Å². The van der Waals surface area contributed by atoms with E-state index in [0.717, 1.165) is 0 Å². The molecule has 2 rings (SSSR count). The van der Waals surface area contributed by atoms with Gasteiger partial charge in [0.05, 0.1) is 12.3 Å². The first-order chi connectivity index (χ1) is 8.26. The zero-order valence-electron chi connectivity index (χ0n) is 9.13. The largest absolute Gasteiger partial charge is 0.378 e. The second kappa shape index (κ2) is 4.84. The van der Waals surface area contributed by atoms with Crippen LogP contribution >= 0.6 is 0 Å². The molecule has 0 saturated heterocycles. The van der Waals surface area contributed by atoms with E-state index in [4.69, 9.17) is 4.74 Å². The molecule has 2 aromatic rings. The molecule has 6 heteroatoms. The molecule has 1 aromatic heterocycles. The van der Waals surface area contributed by atoms with Gasteiger partial charge >= 0.3 is 0 Å². The van der Waals surface area contributed by atoms with Crippen molar-refractivity contribution in [3.8, 4) is 5.69 Å². The zero-order chi connectivity index (χ0) is 12.3. The fourth-order valence-electron chi connectivity index (χ4n) is 1.47. The van der Waals surface area contributed by atoms with Crippen molar-refractivity contribution in [2.75, 3.05) is 7.11 Å². The number of ether oxygens (including phenoxy) is 1. The Labute approximate surface area is 96.8 Å². The van der Waals surface area contributed by atoms with Gasteiger partial charge in [0.1, 0.15) is 11.5 Å². The lowest BCUT2D eigenvalue weighted by Crippen LogP contribution is -2.04. The summed E-state index contributed by atoms with van der Waals surface area (Å²) in [6, 6.07) is 5.73. The normalized spacial score (nSPS) is 10.5. The van der Waals surface area contributed by atoms with Crippen molar-refractivity contribution in [2.45, 2.75) is 6.61 Å². The molecule has 0 unspecified atom stereocenters. The monoisotopic (exact) mass is 235 g/mol. The summed E-state index contributed by atoms with van der Waals surface area (Å²) in [5.41, 5.74) is 1.38. The van der Waals surface area contributed by atoms with E-state index in [1.165, 1.54) is 23.9 Å². The Morgan fingerprint density at radius 2 is 2.12 bits per heavy atom. The van der Waals surface area contributed by atoms with Crippen LogP contribution in [0.15, 0.2) is 24.3 Å². The average Bonchev–Trinajstić information content (AvgIpc) is 2.74. The van der Waals surface area contributed by atoms with Crippen molar-refractivity contribution in [1.82, 2.24) is 15.0 Å². The third kappa shape index (κ3) is 2.21. The number of nitrogens with zero attached hydrogens (tertiary/aromatic N) is 3. The SMILES string of the molecule is COCc1c(C=O)nnn1-c1ccc(F)cc1. The Bertz CT molecular complexity index is 522. The summed E-state index contributed by atoms with van der Waals surface area (Å²) in [4.78, 5) is 10.8. The van der Waals surface area contributed by atoms with Gasteiger partial charge < -0.3 is 4.74 Å². The van der Waals surface area contributed by atoms with Crippen molar-refractivity contribution in [1.29, 1.82) is 0 Å². The van der Waals surface area contributed by atoms with Crippen molar-refractivity contribution in [2.24, 2.45) is 0 Å². The van der Waals surface area contributed by atoms with Crippen LogP contribution in [0.3, 0.4) is 0 Å². The number of hydrogen-bond acceptors (Lipinski definition) is 4. The molecule has 0 bridgehead atoms. The van der Waals surface area contributed by atoms with Crippen molar-refractivity contribution >= 4 is 6.29 Å². The Hall–Kier alpha value is -2.08. The zero-order valence-corrected chi connectivity index (χ0v) is 9.13. The Morgan fingerprint density at radius 3 is 2.71 bits per heavy atom. The van der Waals surface area contributed by atoms with Crippen LogP contribution in [0.25, 0.3) is 5.69 Å². The molecule has 1 heterocycles. The van der Waals surface area contributed by atoms with Crippen LogP contribution in [0, 0.1) is 5.82 Å². The lowest BCUT2D eigenvalue weighted by Gasteiger charge is -2.05. The number of carbonyl (C=O) groups excluding carboxylic acids is 1. The van der Waals surface area contributed by atoms with Gasteiger partial charge in [-0.05, 0) is 24.3 Å². The van der Waals surface area contributed by atoms with Gasteiger partial charge in [-0.1, -0.05) is 5.21 Å². The number of benzene rings is 1. The highest BCUT2D eigenvalue weighted by atomic mass is 19.1. The summed E-state index contributed by atoms with van der Waals surface area (Å²) in [5.74, 6) is -0.335. The van der Waals surface area contributed by atoms with E-state index in [1.807, 2.05) is 0 Å². The van der Waals surface area contributed by atoms with E-state index in [0.29, 0.717) is 17.7 Å². The van der Waals surface area contributed by atoms with Gasteiger partial charge in [-0.2, -0.15) is 0 Å². The molecule has 0 aliphatic rings. The standard InChI is InChI=1S/C11H10FN3O2/c1-17-7-11-10(6-16)13-14-15(11)9-4-2-8(12)3-5-9/h2-6H,7H2,1H3. The van der Waals surface area contributed by atoms with Crippen LogP contribution in [0.5, 0.6) is 0 Å². The molecule has 0 atom stereocenters. The maximum atomic E-state index is 12.8. The van der Waals surface area contributed by atoms with E-state index in [-0.39, 0.29) is 18.1 Å². The molecule has 0 radical (unpaired) electrons. The second-order valence-electron chi connectivity index (χ2n) is 3.36. The fourth-order valence-corrected chi connectivity index (χ4v) is 1.47. The smallest absolute Gasteiger partial charge is 0.172 e. The van der Waals surface area contributed by atoms with Crippen molar-refractivity contribution < 1.29 is 13.9 Å². The predicted molar refractivity (Wildman–Crippen MR) is 57.4 cm³/mol. The molecular weight excluding hydrogens is 225 g/mol. The summed E-state index contributed by atoms with van der Waals surface area (Å²) in [6.45, 7) is 0.207. The van der Waals surface area contributed by atoms with E-state index in [1.54, 1.807) is 12.1 Å². The van der Waals surface area contributed by atoms with Gasteiger partial charge in [0, 0.05) is 7.11 Å². The summed E-state index contributed by atoms with van der Waals surface area (Å²) in [7, 11) is 1.51. The summed E-state index contributed by atoms with van der Waals surface area (Å²) < 4.78 is 19.2. The third-order valence-corrected chi connectivity index (χ3v) is 2.26. The van der Waals surface area contributed by atoms with E-state index >= 15 is 0 Å². The van der Waals surface area contributed by atoms with Crippen LogP contribution in [0.2, 0.25) is 0 Å². The third-order valence-electron chi connectivity index (χ3n) is 2.26. The molecule has 0 amide bonds. The molecule has 0 fully saturated rings. The quantitative estimate of drug-likeness (QED) is 0.751. The molecule has 0 saturated carbocycles. The number of rotatable bonds is 4. The molecular formula is C11H10FN3O2. The molecule has 1 aromatic carbocycles. The number of halogens is 1. The Kier molecular flexibility index (Phi) is 3.24. The van der Waals surface area contributed by atoms with Crippen LogP contribution < -0.4 is 0 Å². The van der Waals surface area contributed by atoms with Gasteiger partial charge in [-0.3, -0.25) is 4.79 Å². The lowest BCUT2D eigenvalue weighted by atomic mass is 10.3. The first kappa shape index (κ1) is 11.4. The lowest BCUT2D eigenvalue weighted by molar-refractivity contribution is 0.111. The van der Waals surface area contributed by atoms with Crippen LogP contribution in [-0.4, -0.2) is 28.4 Å². The molecule has 88 valence electrons. The second-order valence-corrected chi connectivity index (χ2v) is 3.36. The fraction of sp³-hybridized carbons (Fsp3) is 0.182. The number of hydrogen-bond donors (Lipinski definition) is 0. The highest BCUT2D eigenvalue weighted by molar-refractivity contribution is 5.73. The number of aromatic nitrogens is 3. The summed E-state index contributed by atoms with van der Waals surface area (Å²) >= 11 is 0. The summed E-state index contributed by atoms with van der Waals surface area (Å²) in [5, 5.41) is 7.56. The molecule has 17 heavy (non-hydrogen) atoms. The molecule has 0 aliphatic carbocycles. The van der Waals surface area contributed by atoms with Crippen molar-refractivity contribution in [3.05, 3.63) is 41.5 Å². The average molecular weight is 235 g/mol. The minimum atomic E-state index is -0.335. The minimum Gasteiger partial charge on any atom is -0.378 e. The highest BCUT2D eigenvalue weighted by Crippen LogP contribution is 2.13. The van der Waals surface area contributed by atoms with Crippen molar-refractivity contribution in [3.63, 3.8) is 0 Å². The molecule has 0 N–H and O–H groups in total. The molecule has 0 spiro atoms. The van der Waals surface area contributed by atoms with Gasteiger partial charge in [0.15, 0.2) is 12.0 Å². The Balaban J connectivity index is 2.47. The molecule has 5 nitrogen and oxygen atoms in total. The number of carbonyl (C=O) groups is 1. The molecule has 0 aliphatic heterocycles. The van der Waals surface area contributed by atoms with E-state index < -0.39 is 0 Å².